The fourth-order valence-corrected chi connectivity index (χ4v) is 4.43. The number of hydrogen-bond acceptors (Lipinski definition) is 3. The first-order chi connectivity index (χ1) is 19.1. The highest BCUT2D eigenvalue weighted by Gasteiger charge is 2.24. The Morgan fingerprint density at radius 1 is 0.692 bits per heavy atom. The van der Waals surface area contributed by atoms with Crippen molar-refractivity contribution in [1.29, 1.82) is 0 Å². The van der Waals surface area contributed by atoms with Crippen LogP contribution in [0.5, 0.6) is 5.75 Å². The van der Waals surface area contributed by atoms with Gasteiger partial charge >= 0.3 is 6.03 Å². The van der Waals surface area contributed by atoms with E-state index in [0.717, 1.165) is 24.0 Å². The molecule has 0 bridgehead atoms. The van der Waals surface area contributed by atoms with Gasteiger partial charge in [0, 0.05) is 24.5 Å². The molecular formula is C33H35N3O3. The van der Waals surface area contributed by atoms with E-state index in [1.165, 1.54) is 0 Å². The minimum absolute atomic E-state index is 0.124. The summed E-state index contributed by atoms with van der Waals surface area (Å²) in [4.78, 5) is 28.4. The Kier molecular flexibility index (Phi) is 9.73. The highest BCUT2D eigenvalue weighted by molar-refractivity contribution is 6.02. The van der Waals surface area contributed by atoms with E-state index >= 15 is 0 Å². The van der Waals surface area contributed by atoms with E-state index in [1.807, 2.05) is 95.9 Å². The number of urea groups is 1. The Balaban J connectivity index is 1.69. The van der Waals surface area contributed by atoms with Crippen LogP contribution in [0.15, 0.2) is 109 Å². The third kappa shape index (κ3) is 7.48. The first-order valence-electron chi connectivity index (χ1n) is 13.4. The van der Waals surface area contributed by atoms with Crippen LogP contribution in [0.4, 0.5) is 16.2 Å². The highest BCUT2D eigenvalue weighted by atomic mass is 16.5. The number of ether oxygens (including phenoxy) is 1. The van der Waals surface area contributed by atoms with Crippen LogP contribution in [0.25, 0.3) is 0 Å². The molecule has 0 atom stereocenters. The molecule has 2 N–H and O–H groups in total. The minimum atomic E-state index is -0.412. The van der Waals surface area contributed by atoms with Crippen molar-refractivity contribution in [2.75, 3.05) is 23.7 Å². The van der Waals surface area contributed by atoms with Crippen molar-refractivity contribution >= 4 is 23.3 Å². The number of carbonyl (C=O) groups excluding carboxylic acids is 2. The van der Waals surface area contributed by atoms with E-state index in [-0.39, 0.29) is 5.91 Å². The number of benzene rings is 4. The third-order valence-electron chi connectivity index (χ3n) is 6.22. The zero-order valence-corrected chi connectivity index (χ0v) is 22.5. The molecule has 0 spiro atoms. The van der Waals surface area contributed by atoms with Crippen molar-refractivity contribution in [2.24, 2.45) is 0 Å². The number of anilines is 2. The van der Waals surface area contributed by atoms with Crippen LogP contribution in [0.2, 0.25) is 0 Å². The molecule has 0 aliphatic carbocycles. The van der Waals surface area contributed by atoms with Gasteiger partial charge in [0.15, 0.2) is 0 Å². The molecule has 0 aromatic heterocycles. The third-order valence-corrected chi connectivity index (χ3v) is 6.22. The fraction of sp³-hybridized carbons (Fsp3) is 0.212. The maximum Gasteiger partial charge on any atom is 0.323 e. The van der Waals surface area contributed by atoms with E-state index in [4.69, 9.17) is 4.74 Å². The second kappa shape index (κ2) is 13.8. The molecule has 0 aliphatic rings. The average molecular weight is 522 g/mol. The zero-order chi connectivity index (χ0) is 27.5. The van der Waals surface area contributed by atoms with Crippen LogP contribution in [-0.4, -0.2) is 29.9 Å². The molecule has 0 unspecified atom stereocenters. The molecule has 4 aromatic rings. The van der Waals surface area contributed by atoms with Crippen LogP contribution in [0.3, 0.4) is 0 Å². The molecule has 6 heteroatoms. The van der Waals surface area contributed by atoms with Gasteiger partial charge in [-0.1, -0.05) is 92.7 Å². The van der Waals surface area contributed by atoms with Gasteiger partial charge in [-0.3, -0.25) is 4.79 Å². The van der Waals surface area contributed by atoms with E-state index < -0.39 is 12.1 Å². The van der Waals surface area contributed by atoms with Crippen molar-refractivity contribution in [3.8, 4) is 5.75 Å². The van der Waals surface area contributed by atoms with Crippen molar-refractivity contribution < 1.29 is 14.3 Å². The van der Waals surface area contributed by atoms with Crippen LogP contribution in [0, 0.1) is 0 Å². The number of nitrogens with zero attached hydrogens (tertiary/aromatic N) is 1. The van der Waals surface area contributed by atoms with Crippen molar-refractivity contribution in [2.45, 2.75) is 32.8 Å². The van der Waals surface area contributed by atoms with Crippen LogP contribution in [0.1, 0.15) is 54.3 Å². The van der Waals surface area contributed by atoms with E-state index in [2.05, 4.69) is 24.5 Å². The Bertz CT molecular complexity index is 1300. The lowest BCUT2D eigenvalue weighted by Crippen LogP contribution is -2.33. The standard InChI is InChI=1S/C33H35N3O3/c1-3-22-36(23-4-2)32(37)29-24-28(35-33(38)34-27-18-12-7-13-19-27)20-21-30(29)39-31(25-14-8-5-9-15-25)26-16-10-6-11-17-26/h5-21,24,31H,3-4,22-23H2,1-2H3,(H2,34,35,38). The van der Waals surface area contributed by atoms with Gasteiger partial charge in [-0.2, -0.15) is 0 Å². The number of para-hydroxylation sites is 1. The maximum atomic E-state index is 13.8. The number of rotatable bonds is 11. The minimum Gasteiger partial charge on any atom is -0.480 e. The summed E-state index contributed by atoms with van der Waals surface area (Å²) < 4.78 is 6.63. The van der Waals surface area contributed by atoms with Crippen molar-refractivity contribution in [3.05, 3.63) is 126 Å². The predicted molar refractivity (Wildman–Crippen MR) is 157 cm³/mol. The molecule has 0 aliphatic heterocycles. The summed E-state index contributed by atoms with van der Waals surface area (Å²) in [6.07, 6.45) is 1.27. The average Bonchev–Trinajstić information content (AvgIpc) is 2.97. The van der Waals surface area contributed by atoms with Gasteiger partial charge in [-0.15, -0.1) is 0 Å². The zero-order valence-electron chi connectivity index (χ0n) is 22.5. The molecule has 6 nitrogen and oxygen atoms in total. The lowest BCUT2D eigenvalue weighted by Gasteiger charge is -2.26. The Morgan fingerprint density at radius 2 is 1.21 bits per heavy atom. The van der Waals surface area contributed by atoms with Gasteiger partial charge in [0.25, 0.3) is 5.91 Å². The van der Waals surface area contributed by atoms with Crippen LogP contribution < -0.4 is 15.4 Å². The quantitative estimate of drug-likeness (QED) is 0.212. The molecule has 0 radical (unpaired) electrons. The second-order valence-corrected chi connectivity index (χ2v) is 9.27. The molecule has 39 heavy (non-hydrogen) atoms. The summed E-state index contributed by atoms with van der Waals surface area (Å²) >= 11 is 0. The lowest BCUT2D eigenvalue weighted by atomic mass is 10.0. The largest absolute Gasteiger partial charge is 0.480 e. The maximum absolute atomic E-state index is 13.8. The smallest absolute Gasteiger partial charge is 0.323 e. The molecule has 3 amide bonds. The summed E-state index contributed by atoms with van der Waals surface area (Å²) in [5.41, 5.74) is 3.54. The van der Waals surface area contributed by atoms with Gasteiger partial charge in [0.2, 0.25) is 0 Å². The number of carbonyl (C=O) groups is 2. The molecule has 0 heterocycles. The summed E-state index contributed by atoms with van der Waals surface area (Å²) in [5.74, 6) is 0.338. The van der Waals surface area contributed by atoms with Crippen LogP contribution in [-0.2, 0) is 0 Å². The molecule has 0 fully saturated rings. The van der Waals surface area contributed by atoms with Gasteiger partial charge in [0.05, 0.1) is 5.56 Å². The first-order valence-corrected chi connectivity index (χ1v) is 13.4. The van der Waals surface area contributed by atoms with E-state index in [1.54, 1.807) is 18.2 Å². The Labute approximate surface area is 230 Å². The normalized spacial score (nSPS) is 10.6. The monoisotopic (exact) mass is 521 g/mol. The van der Waals surface area contributed by atoms with Crippen molar-refractivity contribution in [3.63, 3.8) is 0 Å². The van der Waals surface area contributed by atoms with Gasteiger partial charge < -0.3 is 20.3 Å². The molecule has 200 valence electrons. The summed E-state index contributed by atoms with van der Waals surface area (Å²) in [5, 5.41) is 5.67. The molecular weight excluding hydrogens is 486 g/mol. The fourth-order valence-electron chi connectivity index (χ4n) is 4.43. The van der Waals surface area contributed by atoms with E-state index in [9.17, 15) is 9.59 Å². The molecule has 0 saturated carbocycles. The summed E-state index contributed by atoms with van der Waals surface area (Å²) in [6.45, 7) is 5.39. The van der Waals surface area contributed by atoms with E-state index in [0.29, 0.717) is 35.8 Å². The van der Waals surface area contributed by atoms with Gasteiger partial charge in [0.1, 0.15) is 11.9 Å². The lowest BCUT2D eigenvalue weighted by molar-refractivity contribution is 0.0749. The highest BCUT2D eigenvalue weighted by Crippen LogP contribution is 2.33. The number of nitrogens with one attached hydrogen (secondary N) is 2. The van der Waals surface area contributed by atoms with Gasteiger partial charge in [-0.05, 0) is 54.3 Å². The van der Waals surface area contributed by atoms with Gasteiger partial charge in [-0.25, -0.2) is 4.79 Å². The molecule has 0 saturated heterocycles. The van der Waals surface area contributed by atoms with Crippen molar-refractivity contribution in [1.82, 2.24) is 4.90 Å². The SMILES string of the molecule is CCCN(CCC)C(=O)c1cc(NC(=O)Nc2ccccc2)ccc1OC(c1ccccc1)c1ccccc1. The Morgan fingerprint density at radius 3 is 1.74 bits per heavy atom. The molecule has 4 rings (SSSR count). The first kappa shape index (κ1) is 27.5. The van der Waals surface area contributed by atoms with Crippen LogP contribution >= 0.6 is 0 Å². The summed E-state index contributed by atoms with van der Waals surface area (Å²) in [6, 6.07) is 34.0. The number of hydrogen-bond donors (Lipinski definition) is 2. The Hall–Kier alpha value is -4.58. The second-order valence-electron chi connectivity index (χ2n) is 9.27. The summed E-state index contributed by atoms with van der Waals surface area (Å²) in [7, 11) is 0. The predicted octanol–water partition coefficient (Wildman–Crippen LogP) is 7.76. The number of amides is 3. The molecule has 4 aromatic carbocycles. The topological polar surface area (TPSA) is 70.7 Å².